The smallest absolute Gasteiger partial charge is 0.270 e. The number of hydrogen-bond donors (Lipinski definition) is 2. The second-order valence-corrected chi connectivity index (χ2v) is 5.08. The third-order valence-electron chi connectivity index (χ3n) is 3.27. The molecule has 23 heavy (non-hydrogen) atoms. The lowest BCUT2D eigenvalue weighted by Crippen LogP contribution is -2.23. The average Bonchev–Trinajstić information content (AvgIpc) is 2.53. The molecule has 2 aromatic carbocycles. The molecule has 0 atom stereocenters. The monoisotopic (exact) mass is 318 g/mol. The highest BCUT2D eigenvalue weighted by Gasteiger charge is 2.13. The van der Waals surface area contributed by atoms with Crippen LogP contribution < -0.4 is 5.32 Å². The Morgan fingerprint density at radius 3 is 2.70 bits per heavy atom. The Hall–Kier alpha value is -2.80. The fraction of sp³-hybridized carbons (Fsp3) is 0.188. The maximum atomic E-state index is 13.3. The lowest BCUT2D eigenvalue weighted by Gasteiger charge is -2.08. The first-order chi connectivity index (χ1) is 10.9. The fourth-order valence-corrected chi connectivity index (χ4v) is 2.14. The maximum Gasteiger partial charge on any atom is 0.270 e. The first-order valence-corrected chi connectivity index (χ1v) is 6.83. The number of carbonyl (C=O) groups is 1. The van der Waals surface area contributed by atoms with E-state index in [1.165, 1.54) is 30.3 Å². The van der Waals surface area contributed by atoms with Gasteiger partial charge >= 0.3 is 0 Å². The number of non-ortho nitro benzene ring substituents is 1. The average molecular weight is 318 g/mol. The molecule has 0 saturated carbocycles. The van der Waals surface area contributed by atoms with Gasteiger partial charge in [-0.1, -0.05) is 6.07 Å². The quantitative estimate of drug-likeness (QED) is 0.654. The molecule has 0 aliphatic heterocycles. The van der Waals surface area contributed by atoms with Crippen molar-refractivity contribution in [2.45, 2.75) is 20.1 Å². The first-order valence-electron chi connectivity index (χ1n) is 6.83. The van der Waals surface area contributed by atoms with Gasteiger partial charge in [0.25, 0.3) is 11.6 Å². The van der Waals surface area contributed by atoms with Crippen LogP contribution >= 0.6 is 0 Å². The zero-order valence-corrected chi connectivity index (χ0v) is 12.4. The first kappa shape index (κ1) is 16.6. The molecule has 6 nitrogen and oxygen atoms in total. The predicted octanol–water partition coefficient (Wildman–Crippen LogP) is 2.46. The van der Waals surface area contributed by atoms with Gasteiger partial charge in [0.1, 0.15) is 5.82 Å². The number of aryl methyl sites for hydroxylation is 1. The van der Waals surface area contributed by atoms with Crippen molar-refractivity contribution in [3.63, 3.8) is 0 Å². The van der Waals surface area contributed by atoms with Gasteiger partial charge in [0.15, 0.2) is 0 Å². The van der Waals surface area contributed by atoms with E-state index in [1.54, 1.807) is 13.0 Å². The van der Waals surface area contributed by atoms with Crippen molar-refractivity contribution >= 4 is 11.6 Å². The number of aliphatic hydroxyl groups excluding tert-OH is 1. The van der Waals surface area contributed by atoms with E-state index in [0.29, 0.717) is 11.1 Å². The van der Waals surface area contributed by atoms with Gasteiger partial charge in [-0.2, -0.15) is 0 Å². The summed E-state index contributed by atoms with van der Waals surface area (Å²) >= 11 is 0. The van der Waals surface area contributed by atoms with Crippen molar-refractivity contribution in [3.8, 4) is 0 Å². The van der Waals surface area contributed by atoms with Crippen LogP contribution in [0, 0.1) is 22.9 Å². The van der Waals surface area contributed by atoms with E-state index >= 15 is 0 Å². The van der Waals surface area contributed by atoms with Crippen molar-refractivity contribution in [1.82, 2.24) is 5.32 Å². The van der Waals surface area contributed by atoms with Crippen LogP contribution in [0.3, 0.4) is 0 Å². The number of nitrogens with zero attached hydrogens (tertiary/aromatic N) is 1. The number of amides is 1. The van der Waals surface area contributed by atoms with Crippen LogP contribution in [0.2, 0.25) is 0 Å². The fourth-order valence-electron chi connectivity index (χ4n) is 2.14. The van der Waals surface area contributed by atoms with E-state index in [4.69, 9.17) is 5.11 Å². The van der Waals surface area contributed by atoms with Crippen molar-refractivity contribution in [2.24, 2.45) is 0 Å². The van der Waals surface area contributed by atoms with Crippen molar-refractivity contribution in [3.05, 3.63) is 74.6 Å². The largest absolute Gasteiger partial charge is 0.392 e. The van der Waals surface area contributed by atoms with Gasteiger partial charge in [0, 0.05) is 29.8 Å². The van der Waals surface area contributed by atoms with Gasteiger partial charge in [0.2, 0.25) is 0 Å². The molecule has 0 bridgehead atoms. The van der Waals surface area contributed by atoms with E-state index in [1.807, 2.05) is 0 Å². The molecule has 2 rings (SSSR count). The molecule has 0 aliphatic rings. The van der Waals surface area contributed by atoms with E-state index in [0.717, 1.165) is 0 Å². The molecule has 1 amide bonds. The molecular weight excluding hydrogens is 303 g/mol. The van der Waals surface area contributed by atoms with Crippen LogP contribution in [0.25, 0.3) is 0 Å². The summed E-state index contributed by atoms with van der Waals surface area (Å²) in [6, 6.07) is 8.29. The summed E-state index contributed by atoms with van der Waals surface area (Å²) in [5.74, 6) is -0.983. The lowest BCUT2D eigenvalue weighted by molar-refractivity contribution is -0.384. The van der Waals surface area contributed by atoms with Gasteiger partial charge in [-0.15, -0.1) is 0 Å². The van der Waals surface area contributed by atoms with Gasteiger partial charge in [0.05, 0.1) is 11.5 Å². The summed E-state index contributed by atoms with van der Waals surface area (Å²) < 4.78 is 13.3. The Morgan fingerprint density at radius 1 is 1.30 bits per heavy atom. The number of aliphatic hydroxyl groups is 1. The molecule has 7 heteroatoms. The maximum absolute atomic E-state index is 13.3. The highest BCUT2D eigenvalue weighted by Crippen LogP contribution is 2.17. The Labute approximate surface area is 131 Å². The summed E-state index contributed by atoms with van der Waals surface area (Å²) in [6.45, 7) is 1.35. The summed E-state index contributed by atoms with van der Waals surface area (Å²) in [4.78, 5) is 22.4. The zero-order chi connectivity index (χ0) is 17.0. The van der Waals surface area contributed by atoms with Crippen molar-refractivity contribution < 1.29 is 19.2 Å². The SMILES string of the molecule is Cc1cc(C(=O)NCc2ccc(F)c(CO)c2)cc([N+](=O)[O-])c1. The number of benzene rings is 2. The Bertz CT molecular complexity index is 762. The minimum atomic E-state index is -0.558. The second-order valence-electron chi connectivity index (χ2n) is 5.08. The molecular formula is C16H15FN2O4. The molecule has 0 saturated heterocycles. The summed E-state index contributed by atoms with van der Waals surface area (Å²) in [5, 5.41) is 22.5. The number of halogens is 1. The lowest BCUT2D eigenvalue weighted by atomic mass is 10.1. The number of carbonyl (C=O) groups excluding carboxylic acids is 1. The number of hydrogen-bond acceptors (Lipinski definition) is 4. The highest BCUT2D eigenvalue weighted by molar-refractivity contribution is 5.95. The van der Waals surface area contributed by atoms with Gasteiger partial charge < -0.3 is 10.4 Å². The minimum Gasteiger partial charge on any atom is -0.392 e. The third-order valence-corrected chi connectivity index (χ3v) is 3.27. The van der Waals surface area contributed by atoms with Gasteiger partial charge in [-0.3, -0.25) is 14.9 Å². The Kier molecular flexibility index (Phi) is 5.02. The van der Waals surface area contributed by atoms with Gasteiger partial charge in [-0.25, -0.2) is 4.39 Å². The van der Waals surface area contributed by atoms with Crippen LogP contribution in [0.15, 0.2) is 36.4 Å². The van der Waals surface area contributed by atoms with E-state index in [2.05, 4.69) is 5.32 Å². The molecule has 120 valence electrons. The molecule has 2 N–H and O–H groups in total. The molecule has 0 unspecified atom stereocenters. The third kappa shape index (κ3) is 4.10. The molecule has 2 aromatic rings. The van der Waals surface area contributed by atoms with Crippen LogP contribution in [-0.4, -0.2) is 15.9 Å². The molecule has 0 fully saturated rings. The predicted molar refractivity (Wildman–Crippen MR) is 81.3 cm³/mol. The molecule has 0 aromatic heterocycles. The number of nitro groups is 1. The van der Waals surface area contributed by atoms with Crippen LogP contribution in [0.1, 0.15) is 27.0 Å². The van der Waals surface area contributed by atoms with Crippen LogP contribution in [0.4, 0.5) is 10.1 Å². The Morgan fingerprint density at radius 2 is 2.04 bits per heavy atom. The number of nitrogens with one attached hydrogen (secondary N) is 1. The van der Waals surface area contributed by atoms with Crippen molar-refractivity contribution in [2.75, 3.05) is 0 Å². The number of nitro benzene ring substituents is 1. The normalized spacial score (nSPS) is 10.4. The topological polar surface area (TPSA) is 92.5 Å². The Balaban J connectivity index is 2.12. The highest BCUT2D eigenvalue weighted by atomic mass is 19.1. The van der Waals surface area contributed by atoms with E-state index < -0.39 is 23.3 Å². The second kappa shape index (κ2) is 6.97. The molecule has 0 heterocycles. The summed E-state index contributed by atoms with van der Waals surface area (Å²) in [5.41, 5.74) is 1.39. The molecule has 0 aliphatic carbocycles. The molecule has 0 radical (unpaired) electrons. The standard InChI is InChI=1S/C16H15FN2O4/c1-10-4-12(7-14(5-10)19(22)23)16(21)18-8-11-2-3-15(17)13(6-11)9-20/h2-7,20H,8-9H2,1H3,(H,18,21). The summed E-state index contributed by atoms with van der Waals surface area (Å²) in [6.07, 6.45) is 0. The summed E-state index contributed by atoms with van der Waals surface area (Å²) in [7, 11) is 0. The van der Waals surface area contributed by atoms with Crippen LogP contribution in [-0.2, 0) is 13.2 Å². The van der Waals surface area contributed by atoms with E-state index in [-0.39, 0.29) is 23.4 Å². The number of rotatable bonds is 5. The van der Waals surface area contributed by atoms with Gasteiger partial charge in [-0.05, 0) is 36.2 Å². The minimum absolute atomic E-state index is 0.119. The van der Waals surface area contributed by atoms with Crippen molar-refractivity contribution in [1.29, 1.82) is 0 Å². The van der Waals surface area contributed by atoms with Crippen LogP contribution in [0.5, 0.6) is 0 Å². The zero-order valence-electron chi connectivity index (χ0n) is 12.4. The van der Waals surface area contributed by atoms with E-state index in [9.17, 15) is 19.3 Å². The molecule has 0 spiro atoms.